The molecule has 1 atom stereocenters. The zero-order valence-electron chi connectivity index (χ0n) is 10.4. The standard InChI is InChI=1S/C11H16F3NO2S/c1-5-7-8(3)10(6-2)18(16,17)15-9(4)11(12,13)14/h5-7,9,15H,2H2,1,3-4H3. The molecule has 0 saturated heterocycles. The highest BCUT2D eigenvalue weighted by atomic mass is 32.2. The van der Waals surface area contributed by atoms with Gasteiger partial charge in [0.15, 0.2) is 0 Å². The van der Waals surface area contributed by atoms with E-state index in [1.54, 1.807) is 17.7 Å². The summed E-state index contributed by atoms with van der Waals surface area (Å²) in [7, 11) is -4.24. The van der Waals surface area contributed by atoms with Gasteiger partial charge in [-0.15, -0.1) is 0 Å². The Kier molecular flexibility index (Phi) is 5.82. The Morgan fingerprint density at radius 2 is 1.89 bits per heavy atom. The normalized spacial score (nSPS) is 16.6. The van der Waals surface area contributed by atoms with E-state index in [-0.39, 0.29) is 4.91 Å². The maximum absolute atomic E-state index is 12.3. The Bertz CT molecular complexity index is 461. The predicted molar refractivity (Wildman–Crippen MR) is 65.3 cm³/mol. The van der Waals surface area contributed by atoms with Crippen LogP contribution in [0.15, 0.2) is 35.3 Å². The monoisotopic (exact) mass is 283 g/mol. The smallest absolute Gasteiger partial charge is 0.207 e. The molecule has 0 radical (unpaired) electrons. The van der Waals surface area contributed by atoms with Gasteiger partial charge in [-0.2, -0.15) is 17.9 Å². The maximum atomic E-state index is 12.3. The highest BCUT2D eigenvalue weighted by Crippen LogP contribution is 2.22. The second-order valence-electron chi connectivity index (χ2n) is 3.64. The third-order valence-corrected chi connectivity index (χ3v) is 3.83. The van der Waals surface area contributed by atoms with E-state index in [1.807, 2.05) is 0 Å². The van der Waals surface area contributed by atoms with Crippen molar-refractivity contribution < 1.29 is 21.6 Å². The van der Waals surface area contributed by atoms with Gasteiger partial charge in [-0.3, -0.25) is 0 Å². The van der Waals surface area contributed by atoms with Crippen LogP contribution in [-0.2, 0) is 10.0 Å². The van der Waals surface area contributed by atoms with Crippen LogP contribution in [0.5, 0.6) is 0 Å². The van der Waals surface area contributed by atoms with Crippen molar-refractivity contribution in [3.63, 3.8) is 0 Å². The molecule has 0 aliphatic heterocycles. The van der Waals surface area contributed by atoms with Crippen LogP contribution in [0.4, 0.5) is 13.2 Å². The van der Waals surface area contributed by atoms with Crippen molar-refractivity contribution in [1.82, 2.24) is 4.72 Å². The van der Waals surface area contributed by atoms with Gasteiger partial charge in [0, 0.05) is 0 Å². The van der Waals surface area contributed by atoms with Gasteiger partial charge in [0.2, 0.25) is 10.0 Å². The molecule has 0 aromatic carbocycles. The van der Waals surface area contributed by atoms with Crippen molar-refractivity contribution in [3.05, 3.63) is 35.3 Å². The van der Waals surface area contributed by atoms with E-state index in [1.165, 1.54) is 13.0 Å². The number of hydrogen-bond acceptors (Lipinski definition) is 2. The molecule has 104 valence electrons. The fraction of sp³-hybridized carbons (Fsp3) is 0.455. The number of nitrogens with one attached hydrogen (secondary N) is 1. The molecule has 0 heterocycles. The van der Waals surface area contributed by atoms with Crippen LogP contribution in [0, 0.1) is 0 Å². The minimum atomic E-state index is -4.63. The van der Waals surface area contributed by atoms with E-state index in [0.717, 1.165) is 13.0 Å². The Labute approximate surface area is 105 Å². The number of allylic oxidation sites excluding steroid dienone is 4. The third-order valence-electron chi connectivity index (χ3n) is 2.10. The summed E-state index contributed by atoms with van der Waals surface area (Å²) in [5.74, 6) is 0. The summed E-state index contributed by atoms with van der Waals surface area (Å²) in [6.45, 7) is 7.20. The molecule has 18 heavy (non-hydrogen) atoms. The fourth-order valence-corrected chi connectivity index (χ4v) is 2.62. The van der Waals surface area contributed by atoms with Gasteiger partial charge in [-0.1, -0.05) is 18.7 Å². The van der Waals surface area contributed by atoms with Gasteiger partial charge in [0.1, 0.15) is 6.04 Å². The Hall–Kier alpha value is -1.08. The summed E-state index contributed by atoms with van der Waals surface area (Å²) >= 11 is 0. The van der Waals surface area contributed by atoms with Crippen LogP contribution < -0.4 is 4.72 Å². The molecule has 0 spiro atoms. The summed E-state index contributed by atoms with van der Waals surface area (Å²) in [6, 6.07) is -2.16. The summed E-state index contributed by atoms with van der Waals surface area (Å²) in [6.07, 6.45) is -0.551. The van der Waals surface area contributed by atoms with Gasteiger partial charge in [-0.25, -0.2) is 8.42 Å². The van der Waals surface area contributed by atoms with Crippen molar-refractivity contribution in [2.75, 3.05) is 0 Å². The summed E-state index contributed by atoms with van der Waals surface area (Å²) in [5.41, 5.74) is 0.314. The second-order valence-corrected chi connectivity index (χ2v) is 5.32. The largest absolute Gasteiger partial charge is 0.404 e. The minimum absolute atomic E-state index is 0.267. The molecule has 0 rings (SSSR count). The molecule has 0 bridgehead atoms. The van der Waals surface area contributed by atoms with Crippen LogP contribution in [0.2, 0.25) is 0 Å². The fourth-order valence-electron chi connectivity index (χ4n) is 1.18. The summed E-state index contributed by atoms with van der Waals surface area (Å²) < 4.78 is 62.0. The molecular formula is C11H16F3NO2S. The van der Waals surface area contributed by atoms with Gasteiger partial charge in [-0.05, 0) is 32.4 Å². The van der Waals surface area contributed by atoms with Crippen molar-refractivity contribution in [3.8, 4) is 0 Å². The topological polar surface area (TPSA) is 46.2 Å². The van der Waals surface area contributed by atoms with E-state index in [4.69, 9.17) is 0 Å². The molecule has 0 saturated carbocycles. The van der Waals surface area contributed by atoms with Crippen molar-refractivity contribution in [2.24, 2.45) is 0 Å². The summed E-state index contributed by atoms with van der Waals surface area (Å²) in [5, 5.41) is 0. The Morgan fingerprint density at radius 3 is 2.22 bits per heavy atom. The molecule has 0 aliphatic rings. The van der Waals surface area contributed by atoms with Crippen molar-refractivity contribution >= 4 is 10.0 Å². The summed E-state index contributed by atoms with van der Waals surface area (Å²) in [4.78, 5) is -0.267. The molecular weight excluding hydrogens is 267 g/mol. The molecule has 0 aliphatic carbocycles. The van der Waals surface area contributed by atoms with Crippen LogP contribution in [0.25, 0.3) is 0 Å². The van der Waals surface area contributed by atoms with E-state index >= 15 is 0 Å². The zero-order valence-corrected chi connectivity index (χ0v) is 11.2. The molecule has 7 heteroatoms. The third kappa shape index (κ3) is 4.66. The molecule has 0 aromatic heterocycles. The van der Waals surface area contributed by atoms with E-state index in [9.17, 15) is 21.6 Å². The average molecular weight is 283 g/mol. The first kappa shape index (κ1) is 16.9. The molecule has 3 nitrogen and oxygen atoms in total. The van der Waals surface area contributed by atoms with Gasteiger partial charge in [0.25, 0.3) is 0 Å². The van der Waals surface area contributed by atoms with Crippen LogP contribution in [0.3, 0.4) is 0 Å². The molecule has 1 unspecified atom stereocenters. The number of halogens is 3. The molecule has 1 N–H and O–H groups in total. The highest BCUT2D eigenvalue weighted by molar-refractivity contribution is 7.93. The molecule has 0 amide bonds. The lowest BCUT2D eigenvalue weighted by atomic mass is 10.2. The van der Waals surface area contributed by atoms with Gasteiger partial charge in [0.05, 0.1) is 4.91 Å². The van der Waals surface area contributed by atoms with E-state index < -0.39 is 22.2 Å². The molecule has 0 aromatic rings. The Balaban J connectivity index is 5.39. The second kappa shape index (κ2) is 6.19. The Morgan fingerprint density at radius 1 is 1.39 bits per heavy atom. The first-order valence-electron chi connectivity index (χ1n) is 5.11. The van der Waals surface area contributed by atoms with E-state index in [0.29, 0.717) is 5.57 Å². The first-order valence-corrected chi connectivity index (χ1v) is 6.59. The minimum Gasteiger partial charge on any atom is -0.207 e. The van der Waals surface area contributed by atoms with Gasteiger partial charge < -0.3 is 0 Å². The van der Waals surface area contributed by atoms with Crippen LogP contribution >= 0.6 is 0 Å². The number of alkyl halides is 3. The number of hydrogen-bond donors (Lipinski definition) is 1. The molecule has 0 fully saturated rings. The van der Waals surface area contributed by atoms with Gasteiger partial charge >= 0.3 is 6.18 Å². The lowest BCUT2D eigenvalue weighted by Gasteiger charge is -2.18. The lowest BCUT2D eigenvalue weighted by molar-refractivity contribution is -0.146. The predicted octanol–water partition coefficient (Wildman–Crippen LogP) is 2.89. The van der Waals surface area contributed by atoms with Crippen molar-refractivity contribution in [1.29, 1.82) is 0 Å². The first-order chi connectivity index (χ1) is 8.06. The zero-order chi connectivity index (χ0) is 14.6. The maximum Gasteiger partial charge on any atom is 0.404 e. The average Bonchev–Trinajstić information content (AvgIpc) is 2.15. The number of sulfonamides is 1. The lowest BCUT2D eigenvalue weighted by Crippen LogP contribution is -2.43. The SMILES string of the molecule is C=CC(=C(C)C=CC)S(=O)(=O)NC(C)C(F)(F)F. The highest BCUT2D eigenvalue weighted by Gasteiger charge is 2.39. The number of rotatable bonds is 5. The van der Waals surface area contributed by atoms with Crippen LogP contribution in [0.1, 0.15) is 20.8 Å². The quantitative estimate of drug-likeness (QED) is 0.789. The van der Waals surface area contributed by atoms with Crippen molar-refractivity contribution in [2.45, 2.75) is 33.0 Å². The van der Waals surface area contributed by atoms with Crippen LogP contribution in [-0.4, -0.2) is 20.6 Å². The van der Waals surface area contributed by atoms with E-state index in [2.05, 4.69) is 6.58 Å².